The highest BCUT2D eigenvalue weighted by atomic mass is 35.5. The fourth-order valence-corrected chi connectivity index (χ4v) is 0.754. The summed E-state index contributed by atoms with van der Waals surface area (Å²) in [6.07, 6.45) is 0. The first-order valence-corrected chi connectivity index (χ1v) is 3.03. The van der Waals surface area contributed by atoms with Crippen LogP contribution in [-0.2, 0) is 0 Å². The Morgan fingerprint density at radius 2 is 2.17 bits per heavy atom. The van der Waals surface area contributed by atoms with Gasteiger partial charge < -0.3 is 5.73 Å². The van der Waals surface area contributed by atoms with Gasteiger partial charge in [-0.25, -0.2) is 8.78 Å². The highest BCUT2D eigenvalue weighted by Gasteiger charge is 2.06. The van der Waals surface area contributed by atoms with E-state index in [1.54, 1.807) is 0 Å². The topological polar surface area (TPSA) is 26.0 Å². The van der Waals surface area contributed by atoms with Crippen LogP contribution in [0.4, 0.5) is 8.78 Å². The van der Waals surface area contributed by atoms with E-state index in [4.69, 9.17) is 9.85 Å². The molecule has 0 aliphatic carbocycles. The van der Waals surface area contributed by atoms with Crippen molar-refractivity contribution in [1.82, 2.24) is 0 Å². The summed E-state index contributed by atoms with van der Waals surface area (Å²) in [6.45, 7) is -2.49. The summed E-state index contributed by atoms with van der Waals surface area (Å²) in [6, 6.07) is 1.20. The van der Waals surface area contributed by atoms with Gasteiger partial charge in [0.2, 0.25) is 0 Å². The third-order valence-electron chi connectivity index (χ3n) is 1.30. The molecule has 0 saturated carbocycles. The normalized spacial score (nSPS) is 16.8. The Morgan fingerprint density at radius 1 is 1.50 bits per heavy atom. The second-order valence-electron chi connectivity index (χ2n) is 2.14. The monoisotopic (exact) mass is 196 g/mol. The molecule has 0 aromatic heterocycles. The molecule has 0 unspecified atom stereocenters. The van der Waals surface area contributed by atoms with Crippen LogP contribution in [0.25, 0.3) is 0 Å². The van der Waals surface area contributed by atoms with Gasteiger partial charge in [-0.1, -0.05) is 6.07 Å². The summed E-state index contributed by atoms with van der Waals surface area (Å²) in [5.41, 5.74) is 5.10. The van der Waals surface area contributed by atoms with Crippen molar-refractivity contribution in [3.05, 3.63) is 35.4 Å². The molecule has 1 rings (SSSR count). The molecule has 1 atom stereocenters. The van der Waals surface area contributed by atoms with E-state index in [0.717, 1.165) is 12.1 Å². The maximum absolute atomic E-state index is 13.1. The van der Waals surface area contributed by atoms with Gasteiger partial charge in [0.1, 0.15) is 11.6 Å². The first-order valence-electron chi connectivity index (χ1n) is 4.53. The van der Waals surface area contributed by atoms with Crippen LogP contribution in [0, 0.1) is 11.6 Å². The molecule has 2 N–H and O–H groups in total. The molecule has 68 valence electrons. The lowest BCUT2D eigenvalue weighted by Gasteiger charge is -2.05. The zero-order chi connectivity index (χ0) is 10.9. The zero-order valence-corrected chi connectivity index (χ0v) is 6.87. The Kier molecular flexibility index (Phi) is 2.48. The van der Waals surface area contributed by atoms with Crippen molar-refractivity contribution >= 4 is 12.4 Å². The molecule has 0 bridgehead atoms. The molecule has 0 aliphatic rings. The Bertz CT molecular complexity index is 343. The minimum Gasteiger partial charge on any atom is -0.324 e. The predicted molar refractivity (Wildman–Crippen MR) is 46.2 cm³/mol. The third kappa shape index (κ3) is 2.43. The largest absolute Gasteiger partial charge is 0.324 e. The molecular weight excluding hydrogens is 184 g/mol. The van der Waals surface area contributed by atoms with E-state index in [1.165, 1.54) is 0 Å². The minimum absolute atomic E-state index is 0. The van der Waals surface area contributed by atoms with Crippen LogP contribution in [0.2, 0.25) is 0 Å². The molecule has 12 heavy (non-hydrogen) atoms. The molecule has 0 heterocycles. The van der Waals surface area contributed by atoms with Crippen LogP contribution in [0.1, 0.15) is 22.6 Å². The Balaban J connectivity index is 0.00000196. The van der Waals surface area contributed by atoms with E-state index in [0.29, 0.717) is 6.07 Å². The van der Waals surface area contributed by atoms with Crippen LogP contribution >= 0.6 is 12.4 Å². The second-order valence-corrected chi connectivity index (χ2v) is 2.14. The summed E-state index contributed by atoms with van der Waals surface area (Å²) >= 11 is 0. The van der Waals surface area contributed by atoms with Gasteiger partial charge in [-0.2, -0.15) is 0 Å². The molecule has 0 radical (unpaired) electrons. The summed E-state index contributed by atoms with van der Waals surface area (Å²) in [5, 5.41) is 0. The van der Waals surface area contributed by atoms with Crippen molar-refractivity contribution in [2.45, 2.75) is 12.9 Å². The predicted octanol–water partition coefficient (Wildman–Crippen LogP) is 2.41. The third-order valence-corrected chi connectivity index (χ3v) is 1.30. The number of halogens is 3. The van der Waals surface area contributed by atoms with Crippen molar-refractivity contribution < 1.29 is 12.9 Å². The van der Waals surface area contributed by atoms with E-state index < -0.39 is 24.5 Å². The maximum atomic E-state index is 13.1. The standard InChI is InChI=1S/C8H9F2N.ClH/c1-5(11)7-3-2-6(9)4-8(7)10;/h2-5H,11H2,1H3;1H/t5-;/m1./s1/i1D3;. The van der Waals surface area contributed by atoms with E-state index in [2.05, 4.69) is 0 Å². The van der Waals surface area contributed by atoms with Gasteiger partial charge in [0.05, 0.1) is 0 Å². The molecule has 1 aromatic carbocycles. The van der Waals surface area contributed by atoms with Crippen LogP contribution in [0.5, 0.6) is 0 Å². The molecular formula is C8H10ClF2N. The fraction of sp³-hybridized carbons (Fsp3) is 0.250. The molecule has 0 amide bonds. The molecule has 4 heteroatoms. The SMILES string of the molecule is Cl.[2H]C([2H])([2H])[C@@H](N)c1ccc(F)cc1F. The van der Waals surface area contributed by atoms with Crippen molar-refractivity contribution in [3.8, 4) is 0 Å². The van der Waals surface area contributed by atoms with Gasteiger partial charge in [0, 0.05) is 21.8 Å². The van der Waals surface area contributed by atoms with Crippen LogP contribution in [-0.4, -0.2) is 0 Å². The first kappa shape index (κ1) is 6.80. The van der Waals surface area contributed by atoms with Crippen molar-refractivity contribution in [2.24, 2.45) is 5.73 Å². The number of nitrogens with two attached hydrogens (primary N) is 1. The van der Waals surface area contributed by atoms with Gasteiger partial charge in [-0.05, 0) is 12.9 Å². The molecule has 1 aromatic rings. The first-order chi connectivity index (χ1) is 6.32. The maximum Gasteiger partial charge on any atom is 0.130 e. The molecule has 0 fully saturated rings. The van der Waals surface area contributed by atoms with Gasteiger partial charge in [-0.3, -0.25) is 0 Å². The summed E-state index contributed by atoms with van der Waals surface area (Å²) in [4.78, 5) is 0. The lowest BCUT2D eigenvalue weighted by atomic mass is 10.1. The summed E-state index contributed by atoms with van der Waals surface area (Å²) < 4.78 is 46.5. The average molecular weight is 197 g/mol. The van der Waals surface area contributed by atoms with Gasteiger partial charge >= 0.3 is 0 Å². The van der Waals surface area contributed by atoms with Gasteiger partial charge in [-0.15, -0.1) is 12.4 Å². The van der Waals surface area contributed by atoms with Crippen molar-refractivity contribution in [3.63, 3.8) is 0 Å². The number of benzene rings is 1. The highest BCUT2D eigenvalue weighted by Crippen LogP contribution is 2.14. The van der Waals surface area contributed by atoms with E-state index in [9.17, 15) is 8.78 Å². The van der Waals surface area contributed by atoms with Crippen LogP contribution in [0.15, 0.2) is 18.2 Å². The quantitative estimate of drug-likeness (QED) is 0.734. The second kappa shape index (κ2) is 4.38. The Morgan fingerprint density at radius 3 is 2.67 bits per heavy atom. The molecule has 0 saturated heterocycles. The van der Waals surface area contributed by atoms with Gasteiger partial charge in [0.25, 0.3) is 0 Å². The number of rotatable bonds is 1. The lowest BCUT2D eigenvalue weighted by molar-refractivity contribution is 0.562. The summed E-state index contributed by atoms with van der Waals surface area (Å²) in [7, 11) is 0. The Hall–Kier alpha value is -0.670. The summed E-state index contributed by atoms with van der Waals surface area (Å²) in [5.74, 6) is -1.70. The average Bonchev–Trinajstić information content (AvgIpc) is 2.01. The van der Waals surface area contributed by atoms with Crippen molar-refractivity contribution in [1.29, 1.82) is 0 Å². The van der Waals surface area contributed by atoms with E-state index >= 15 is 0 Å². The lowest BCUT2D eigenvalue weighted by Crippen LogP contribution is -2.07. The van der Waals surface area contributed by atoms with Crippen LogP contribution < -0.4 is 5.73 Å². The van der Waals surface area contributed by atoms with Crippen LogP contribution in [0.3, 0.4) is 0 Å². The zero-order valence-electron chi connectivity index (χ0n) is 9.05. The minimum atomic E-state index is -2.49. The smallest absolute Gasteiger partial charge is 0.130 e. The van der Waals surface area contributed by atoms with E-state index in [-0.39, 0.29) is 18.0 Å². The highest BCUT2D eigenvalue weighted by molar-refractivity contribution is 5.85. The van der Waals surface area contributed by atoms with E-state index in [1.807, 2.05) is 0 Å². The van der Waals surface area contributed by atoms with Crippen molar-refractivity contribution in [2.75, 3.05) is 0 Å². The molecule has 0 spiro atoms. The van der Waals surface area contributed by atoms with Gasteiger partial charge in [0.15, 0.2) is 0 Å². The molecule has 1 nitrogen and oxygen atoms in total. The Labute approximate surface area is 80.2 Å². The fourth-order valence-electron chi connectivity index (χ4n) is 0.754. The molecule has 0 aliphatic heterocycles. The number of hydrogen-bond acceptors (Lipinski definition) is 1. The number of hydrogen-bond donors (Lipinski definition) is 1.